The van der Waals surface area contributed by atoms with Crippen LogP contribution >= 0.6 is 11.6 Å². The Morgan fingerprint density at radius 1 is 1.50 bits per heavy atom. The normalized spacial score (nSPS) is 13.5. The van der Waals surface area contributed by atoms with Crippen molar-refractivity contribution in [1.82, 2.24) is 5.32 Å². The monoisotopic (exact) mass is 249 g/mol. The van der Waals surface area contributed by atoms with Crippen molar-refractivity contribution in [1.29, 1.82) is 0 Å². The molecule has 5 nitrogen and oxygen atoms in total. The summed E-state index contributed by atoms with van der Waals surface area (Å²) in [5.41, 5.74) is 0.544. The van der Waals surface area contributed by atoms with E-state index in [1.807, 2.05) is 0 Å². The van der Waals surface area contributed by atoms with Gasteiger partial charge in [-0.3, -0.25) is 0 Å². The number of carboxylic acid groups (broad SMARTS) is 1. The van der Waals surface area contributed by atoms with Crippen LogP contribution in [0, 0.1) is 0 Å². The van der Waals surface area contributed by atoms with E-state index in [1.165, 1.54) is 11.6 Å². The molecule has 0 rings (SSSR count). The van der Waals surface area contributed by atoms with Gasteiger partial charge in [-0.2, -0.15) is 0 Å². The summed E-state index contributed by atoms with van der Waals surface area (Å²) in [5, 5.41) is 11.0. The number of carbonyl (C=O) groups excluding carboxylic acids is 1. The molecule has 1 amide bonds. The van der Waals surface area contributed by atoms with Crippen LogP contribution in [0.3, 0.4) is 0 Å². The highest BCUT2D eigenvalue weighted by Gasteiger charge is 2.22. The molecule has 92 valence electrons. The highest BCUT2D eigenvalue weighted by atomic mass is 35.5. The molecule has 0 aromatic heterocycles. The molecule has 0 fully saturated rings. The number of carbonyl (C=O) groups is 2. The molecule has 0 aliphatic rings. The van der Waals surface area contributed by atoms with Crippen molar-refractivity contribution < 1.29 is 19.4 Å². The van der Waals surface area contributed by atoms with Crippen LogP contribution in [-0.2, 0) is 9.53 Å². The average molecular weight is 250 g/mol. The van der Waals surface area contributed by atoms with E-state index in [9.17, 15) is 9.59 Å². The third-order valence-corrected chi connectivity index (χ3v) is 1.63. The predicted octanol–water partition coefficient (Wildman–Crippen LogP) is 2.11. The lowest BCUT2D eigenvalue weighted by Gasteiger charge is -2.21. The van der Waals surface area contributed by atoms with Crippen molar-refractivity contribution in [2.24, 2.45) is 0 Å². The number of amides is 1. The maximum atomic E-state index is 11.3. The standard InChI is InChI=1S/C10H16ClNO4/c1-10(2,3)16-9(15)12-7(8(13)14)5-4-6-11/h4,6-7H,5H2,1-3H3,(H,12,15)(H,13,14)/b6-4+. The van der Waals surface area contributed by atoms with E-state index in [0.717, 1.165) is 0 Å². The maximum absolute atomic E-state index is 11.3. The number of halogens is 1. The molecule has 0 radical (unpaired) electrons. The fourth-order valence-electron chi connectivity index (χ4n) is 0.859. The Balaban J connectivity index is 4.29. The summed E-state index contributed by atoms with van der Waals surface area (Å²) in [7, 11) is 0. The number of hydrogen-bond donors (Lipinski definition) is 2. The maximum Gasteiger partial charge on any atom is 0.408 e. The van der Waals surface area contributed by atoms with E-state index in [2.05, 4.69) is 5.32 Å². The Kier molecular flexibility index (Phi) is 5.88. The third kappa shape index (κ3) is 7.11. The van der Waals surface area contributed by atoms with Gasteiger partial charge in [0.05, 0.1) is 0 Å². The molecule has 0 aliphatic heterocycles. The van der Waals surface area contributed by atoms with Crippen LogP contribution in [-0.4, -0.2) is 28.8 Å². The van der Waals surface area contributed by atoms with Crippen LogP contribution in [0.25, 0.3) is 0 Å². The molecule has 0 saturated carbocycles. The quantitative estimate of drug-likeness (QED) is 0.800. The van der Waals surface area contributed by atoms with Gasteiger partial charge in [0.1, 0.15) is 11.6 Å². The summed E-state index contributed by atoms with van der Waals surface area (Å²) < 4.78 is 4.93. The second kappa shape index (κ2) is 6.37. The number of aliphatic carboxylic acids is 1. The summed E-state index contributed by atoms with van der Waals surface area (Å²) in [5.74, 6) is -1.14. The number of rotatable bonds is 4. The first-order valence-electron chi connectivity index (χ1n) is 4.74. The first-order valence-corrected chi connectivity index (χ1v) is 5.17. The van der Waals surface area contributed by atoms with E-state index in [0.29, 0.717) is 0 Å². The van der Waals surface area contributed by atoms with Crippen molar-refractivity contribution in [3.05, 3.63) is 11.6 Å². The van der Waals surface area contributed by atoms with Gasteiger partial charge in [0, 0.05) is 5.54 Å². The molecule has 0 heterocycles. The molecule has 0 saturated heterocycles. The fraction of sp³-hybridized carbons (Fsp3) is 0.600. The molecular weight excluding hydrogens is 234 g/mol. The van der Waals surface area contributed by atoms with E-state index >= 15 is 0 Å². The second-order valence-corrected chi connectivity index (χ2v) is 4.39. The molecule has 0 aromatic carbocycles. The minimum Gasteiger partial charge on any atom is -0.480 e. The Hall–Kier alpha value is -1.23. The third-order valence-electron chi connectivity index (χ3n) is 1.45. The Morgan fingerprint density at radius 2 is 2.06 bits per heavy atom. The van der Waals surface area contributed by atoms with Gasteiger partial charge >= 0.3 is 12.1 Å². The molecule has 0 bridgehead atoms. The zero-order valence-corrected chi connectivity index (χ0v) is 10.2. The molecule has 0 aliphatic carbocycles. The molecule has 1 unspecified atom stereocenters. The largest absolute Gasteiger partial charge is 0.480 e. The first-order chi connectivity index (χ1) is 7.26. The number of alkyl carbamates (subject to hydrolysis) is 1. The van der Waals surface area contributed by atoms with Crippen LogP contribution in [0.5, 0.6) is 0 Å². The summed E-state index contributed by atoms with van der Waals surface area (Å²) in [6, 6.07) is -1.04. The molecule has 16 heavy (non-hydrogen) atoms. The average Bonchev–Trinajstić information content (AvgIpc) is 2.08. The van der Waals surface area contributed by atoms with Crippen LogP contribution in [0.4, 0.5) is 4.79 Å². The van der Waals surface area contributed by atoms with Crippen LogP contribution in [0.2, 0.25) is 0 Å². The van der Waals surface area contributed by atoms with Crippen LogP contribution < -0.4 is 5.32 Å². The van der Waals surface area contributed by atoms with Crippen molar-refractivity contribution in [3.8, 4) is 0 Å². The Bertz CT molecular complexity index is 283. The Morgan fingerprint density at radius 3 is 2.44 bits per heavy atom. The van der Waals surface area contributed by atoms with Gasteiger partial charge < -0.3 is 15.2 Å². The molecule has 0 spiro atoms. The van der Waals surface area contributed by atoms with Gasteiger partial charge in [-0.1, -0.05) is 17.7 Å². The van der Waals surface area contributed by atoms with Gasteiger partial charge in [-0.15, -0.1) is 0 Å². The predicted molar refractivity (Wildman–Crippen MR) is 60.4 cm³/mol. The van der Waals surface area contributed by atoms with Crippen molar-refractivity contribution in [3.63, 3.8) is 0 Å². The van der Waals surface area contributed by atoms with Crippen molar-refractivity contribution >= 4 is 23.7 Å². The lowest BCUT2D eigenvalue weighted by Crippen LogP contribution is -2.43. The van der Waals surface area contributed by atoms with Gasteiger partial charge in [0.25, 0.3) is 0 Å². The minimum absolute atomic E-state index is 0.109. The van der Waals surface area contributed by atoms with E-state index in [-0.39, 0.29) is 6.42 Å². The number of hydrogen-bond acceptors (Lipinski definition) is 3. The van der Waals surface area contributed by atoms with E-state index in [1.54, 1.807) is 20.8 Å². The molecule has 0 aromatic rings. The SMILES string of the molecule is CC(C)(C)OC(=O)NC(C/C=C/Cl)C(=O)O. The molecular formula is C10H16ClNO4. The summed E-state index contributed by atoms with van der Waals surface area (Å²) >= 11 is 5.28. The van der Waals surface area contributed by atoms with Gasteiger partial charge in [0.2, 0.25) is 0 Å². The zero-order valence-electron chi connectivity index (χ0n) is 9.49. The first kappa shape index (κ1) is 14.8. The van der Waals surface area contributed by atoms with Crippen molar-refractivity contribution in [2.75, 3.05) is 0 Å². The van der Waals surface area contributed by atoms with Crippen LogP contribution in [0.1, 0.15) is 27.2 Å². The van der Waals surface area contributed by atoms with Crippen LogP contribution in [0.15, 0.2) is 11.6 Å². The molecule has 2 N–H and O–H groups in total. The topological polar surface area (TPSA) is 75.6 Å². The van der Waals surface area contributed by atoms with Gasteiger partial charge in [0.15, 0.2) is 0 Å². The van der Waals surface area contributed by atoms with Crippen molar-refractivity contribution in [2.45, 2.75) is 38.8 Å². The molecule has 6 heteroatoms. The highest BCUT2D eigenvalue weighted by molar-refractivity contribution is 6.25. The number of nitrogens with one attached hydrogen (secondary N) is 1. The van der Waals surface area contributed by atoms with E-state index < -0.39 is 23.7 Å². The highest BCUT2D eigenvalue weighted by Crippen LogP contribution is 2.07. The lowest BCUT2D eigenvalue weighted by atomic mass is 10.2. The smallest absolute Gasteiger partial charge is 0.408 e. The number of carboxylic acids is 1. The van der Waals surface area contributed by atoms with E-state index in [4.69, 9.17) is 21.4 Å². The van der Waals surface area contributed by atoms with Gasteiger partial charge in [-0.25, -0.2) is 9.59 Å². The molecule has 1 atom stereocenters. The summed E-state index contributed by atoms with van der Waals surface area (Å²) in [6.07, 6.45) is 0.790. The zero-order chi connectivity index (χ0) is 12.8. The Labute approximate surface area is 99.4 Å². The number of ether oxygens (including phenoxy) is 1. The van der Waals surface area contributed by atoms with Gasteiger partial charge in [-0.05, 0) is 27.2 Å². The summed E-state index contributed by atoms with van der Waals surface area (Å²) in [4.78, 5) is 22.0. The minimum atomic E-state index is -1.14. The summed E-state index contributed by atoms with van der Waals surface area (Å²) in [6.45, 7) is 5.09. The fourth-order valence-corrected chi connectivity index (χ4v) is 0.962. The second-order valence-electron chi connectivity index (χ2n) is 4.13. The lowest BCUT2D eigenvalue weighted by molar-refractivity contribution is -0.139.